The second-order valence-electron chi connectivity index (χ2n) is 7.69. The summed E-state index contributed by atoms with van der Waals surface area (Å²) in [5.74, 6) is 0.582. The van der Waals surface area contributed by atoms with Gasteiger partial charge in [-0.15, -0.1) is 0 Å². The molecule has 0 spiro atoms. The van der Waals surface area contributed by atoms with Gasteiger partial charge in [-0.2, -0.15) is 0 Å². The van der Waals surface area contributed by atoms with Gasteiger partial charge < -0.3 is 9.64 Å². The monoisotopic (exact) mass is 351 g/mol. The molecule has 26 heavy (non-hydrogen) atoms. The van der Waals surface area contributed by atoms with E-state index in [0.29, 0.717) is 11.9 Å². The Morgan fingerprint density at radius 3 is 2.65 bits per heavy atom. The lowest BCUT2D eigenvalue weighted by Crippen LogP contribution is -2.45. The number of fused-ring (bicyclic) bond motifs is 3. The molecule has 0 aromatic heterocycles. The topological polar surface area (TPSA) is 44.8 Å². The summed E-state index contributed by atoms with van der Waals surface area (Å²) in [6.45, 7) is 5.39. The molecule has 0 radical (unpaired) electrons. The standard InChI is InChI=1S/C21H25N3O2/c1-14-5-7-15(8-6-14)22-20(25)26-16-9-10-18-17(13-16)21(2)11-12-23(3)19(21)24(18)4/h5-10,13,19H,11-12H2,1-4H3,(H,22,25)/t19?,21-/m0/s1. The molecule has 0 aliphatic carbocycles. The third-order valence-corrected chi connectivity index (χ3v) is 5.81. The van der Waals surface area contributed by atoms with Crippen LogP contribution in [0.25, 0.3) is 0 Å². The zero-order valence-corrected chi connectivity index (χ0v) is 15.7. The molecule has 1 unspecified atom stereocenters. The van der Waals surface area contributed by atoms with Gasteiger partial charge in [-0.3, -0.25) is 10.2 Å². The number of nitrogens with zero attached hydrogens (tertiary/aromatic N) is 2. The van der Waals surface area contributed by atoms with E-state index < -0.39 is 6.09 Å². The molecule has 0 saturated carbocycles. The highest BCUT2D eigenvalue weighted by Gasteiger charge is 2.52. The van der Waals surface area contributed by atoms with Crippen LogP contribution in [0.3, 0.4) is 0 Å². The number of carbonyl (C=O) groups excluding carboxylic acids is 1. The van der Waals surface area contributed by atoms with Crippen LogP contribution in [0, 0.1) is 6.92 Å². The van der Waals surface area contributed by atoms with Crippen molar-refractivity contribution >= 4 is 17.5 Å². The predicted octanol–water partition coefficient (Wildman–Crippen LogP) is 3.98. The lowest BCUT2D eigenvalue weighted by atomic mass is 9.81. The molecule has 2 aliphatic rings. The third kappa shape index (κ3) is 2.63. The van der Waals surface area contributed by atoms with Crippen molar-refractivity contribution in [3.63, 3.8) is 0 Å². The van der Waals surface area contributed by atoms with E-state index in [4.69, 9.17) is 4.74 Å². The summed E-state index contributed by atoms with van der Waals surface area (Å²) in [4.78, 5) is 17.0. The lowest BCUT2D eigenvalue weighted by molar-refractivity contribution is 0.215. The van der Waals surface area contributed by atoms with E-state index in [0.717, 1.165) is 24.2 Å². The number of anilines is 2. The first-order valence-corrected chi connectivity index (χ1v) is 9.01. The summed E-state index contributed by atoms with van der Waals surface area (Å²) in [6, 6.07) is 13.6. The molecule has 2 aromatic carbocycles. The molecule has 0 bridgehead atoms. The predicted molar refractivity (Wildman–Crippen MR) is 104 cm³/mol. The number of benzene rings is 2. The van der Waals surface area contributed by atoms with Gasteiger partial charge in [0.05, 0.1) is 6.17 Å². The van der Waals surface area contributed by atoms with Crippen LogP contribution in [0.15, 0.2) is 42.5 Å². The number of nitrogens with one attached hydrogen (secondary N) is 1. The maximum atomic E-state index is 12.2. The normalized spacial score (nSPS) is 24.3. The van der Waals surface area contributed by atoms with Crippen LogP contribution in [-0.4, -0.2) is 37.8 Å². The van der Waals surface area contributed by atoms with E-state index in [1.807, 2.05) is 43.3 Å². The van der Waals surface area contributed by atoms with Gasteiger partial charge in [-0.1, -0.05) is 24.6 Å². The van der Waals surface area contributed by atoms with E-state index in [2.05, 4.69) is 42.2 Å². The van der Waals surface area contributed by atoms with Crippen molar-refractivity contribution in [1.82, 2.24) is 4.90 Å². The minimum absolute atomic E-state index is 0.0611. The fourth-order valence-corrected chi connectivity index (χ4v) is 4.51. The van der Waals surface area contributed by atoms with E-state index in [1.165, 1.54) is 11.3 Å². The van der Waals surface area contributed by atoms with E-state index >= 15 is 0 Å². The van der Waals surface area contributed by atoms with Crippen LogP contribution < -0.4 is 15.0 Å². The van der Waals surface area contributed by atoms with E-state index in [-0.39, 0.29) is 5.41 Å². The van der Waals surface area contributed by atoms with Crippen LogP contribution >= 0.6 is 0 Å². The third-order valence-electron chi connectivity index (χ3n) is 5.81. The van der Waals surface area contributed by atoms with Crippen molar-refractivity contribution < 1.29 is 9.53 Å². The SMILES string of the molecule is Cc1ccc(NC(=O)Oc2ccc3c(c2)[C@]2(C)CCN(C)C2N3C)cc1. The molecule has 2 aromatic rings. The Hall–Kier alpha value is -2.53. The first kappa shape index (κ1) is 16.9. The molecule has 2 atom stereocenters. The molecule has 1 fully saturated rings. The second-order valence-corrected chi connectivity index (χ2v) is 7.69. The van der Waals surface area contributed by atoms with Crippen molar-refractivity contribution in [3.8, 4) is 5.75 Å². The number of ether oxygens (including phenoxy) is 1. The fourth-order valence-electron chi connectivity index (χ4n) is 4.51. The van der Waals surface area contributed by atoms with Crippen molar-refractivity contribution in [2.75, 3.05) is 30.9 Å². The zero-order chi connectivity index (χ0) is 18.5. The maximum absolute atomic E-state index is 12.2. The Kier molecular flexibility index (Phi) is 3.92. The Bertz CT molecular complexity index is 849. The number of aryl methyl sites for hydroxylation is 1. The van der Waals surface area contributed by atoms with Crippen LogP contribution in [0.2, 0.25) is 0 Å². The smallest absolute Gasteiger partial charge is 0.410 e. The molecule has 5 heteroatoms. The molecule has 2 aliphatic heterocycles. The first-order chi connectivity index (χ1) is 12.4. The summed E-state index contributed by atoms with van der Waals surface area (Å²) < 4.78 is 5.55. The summed E-state index contributed by atoms with van der Waals surface area (Å²) in [5, 5.41) is 2.78. The first-order valence-electron chi connectivity index (χ1n) is 9.01. The van der Waals surface area contributed by atoms with Gasteiger partial charge in [0.25, 0.3) is 0 Å². The van der Waals surface area contributed by atoms with Gasteiger partial charge in [0.15, 0.2) is 0 Å². The molecule has 1 amide bonds. The van der Waals surface area contributed by atoms with E-state index in [1.54, 1.807) is 0 Å². The molecule has 4 rings (SSSR count). The highest BCUT2D eigenvalue weighted by Crippen LogP contribution is 2.51. The number of carbonyl (C=O) groups is 1. The summed E-state index contributed by atoms with van der Waals surface area (Å²) in [5.41, 5.74) is 4.42. The largest absolute Gasteiger partial charge is 0.417 e. The molecular weight excluding hydrogens is 326 g/mol. The molecule has 1 saturated heterocycles. The molecule has 5 nitrogen and oxygen atoms in total. The average Bonchev–Trinajstić information content (AvgIpc) is 3.03. The van der Waals surface area contributed by atoms with Crippen molar-refractivity contribution in [2.45, 2.75) is 31.8 Å². The highest BCUT2D eigenvalue weighted by molar-refractivity contribution is 5.86. The van der Waals surface area contributed by atoms with Crippen molar-refractivity contribution in [3.05, 3.63) is 53.6 Å². The van der Waals surface area contributed by atoms with Gasteiger partial charge in [-0.25, -0.2) is 4.79 Å². The second kappa shape index (κ2) is 6.02. The van der Waals surface area contributed by atoms with Crippen LogP contribution in [0.5, 0.6) is 5.75 Å². The van der Waals surface area contributed by atoms with Crippen LogP contribution in [0.4, 0.5) is 16.2 Å². The molecule has 136 valence electrons. The minimum atomic E-state index is -0.467. The summed E-state index contributed by atoms with van der Waals surface area (Å²) in [7, 11) is 4.31. The van der Waals surface area contributed by atoms with Gasteiger partial charge in [0.2, 0.25) is 0 Å². The van der Waals surface area contributed by atoms with Gasteiger partial charge >= 0.3 is 6.09 Å². The van der Waals surface area contributed by atoms with Crippen molar-refractivity contribution in [1.29, 1.82) is 0 Å². The quantitative estimate of drug-likeness (QED) is 0.889. The number of likely N-dealkylation sites (tertiary alicyclic amines) is 1. The van der Waals surface area contributed by atoms with Gasteiger partial charge in [0, 0.05) is 30.4 Å². The molecule has 2 heterocycles. The highest BCUT2D eigenvalue weighted by atomic mass is 16.6. The number of hydrogen-bond acceptors (Lipinski definition) is 4. The Morgan fingerprint density at radius 2 is 1.92 bits per heavy atom. The Morgan fingerprint density at radius 1 is 1.19 bits per heavy atom. The number of hydrogen-bond donors (Lipinski definition) is 1. The maximum Gasteiger partial charge on any atom is 0.417 e. The fraction of sp³-hybridized carbons (Fsp3) is 0.381. The van der Waals surface area contributed by atoms with Gasteiger partial charge in [0.1, 0.15) is 5.75 Å². The molecular formula is C21H25N3O2. The molecule has 1 N–H and O–H groups in total. The van der Waals surface area contributed by atoms with E-state index in [9.17, 15) is 4.79 Å². The van der Waals surface area contributed by atoms with Gasteiger partial charge in [-0.05, 0) is 56.3 Å². The average molecular weight is 351 g/mol. The summed E-state index contributed by atoms with van der Waals surface area (Å²) in [6.07, 6.45) is 0.990. The lowest BCUT2D eigenvalue weighted by Gasteiger charge is -2.32. The Balaban J connectivity index is 1.54. The Labute approximate surface area is 154 Å². The van der Waals surface area contributed by atoms with Crippen LogP contribution in [0.1, 0.15) is 24.5 Å². The zero-order valence-electron chi connectivity index (χ0n) is 15.7. The van der Waals surface area contributed by atoms with Crippen molar-refractivity contribution in [2.24, 2.45) is 0 Å². The number of rotatable bonds is 2. The summed E-state index contributed by atoms with van der Waals surface area (Å²) >= 11 is 0. The number of amides is 1. The number of likely N-dealkylation sites (N-methyl/N-ethyl adjacent to an activating group) is 2. The van der Waals surface area contributed by atoms with Crippen LogP contribution in [-0.2, 0) is 5.41 Å². The minimum Gasteiger partial charge on any atom is -0.410 e.